The molecule has 0 aromatic heterocycles. The van der Waals surface area contributed by atoms with Gasteiger partial charge in [-0.05, 0) is 31.0 Å². The molecule has 0 radical (unpaired) electrons. The van der Waals surface area contributed by atoms with Crippen molar-refractivity contribution in [1.29, 1.82) is 0 Å². The van der Waals surface area contributed by atoms with Crippen molar-refractivity contribution in [2.24, 2.45) is 5.92 Å². The molecule has 1 aliphatic heterocycles. The van der Waals surface area contributed by atoms with Gasteiger partial charge in [0.15, 0.2) is 6.61 Å². The van der Waals surface area contributed by atoms with Gasteiger partial charge < -0.3 is 15.0 Å². The number of carbonyl (C=O) groups is 3. The summed E-state index contributed by atoms with van der Waals surface area (Å²) in [5, 5.41) is 3.12. The van der Waals surface area contributed by atoms with Gasteiger partial charge in [-0.25, -0.2) is 0 Å². The number of esters is 1. The lowest BCUT2D eigenvalue weighted by Crippen LogP contribution is -2.35. The molecule has 1 saturated heterocycles. The number of nitrogens with one attached hydrogen (secondary N) is 1. The molecule has 1 aliphatic carbocycles. The predicted molar refractivity (Wildman–Crippen MR) is 93.1 cm³/mol. The van der Waals surface area contributed by atoms with E-state index in [9.17, 15) is 14.4 Å². The Bertz CT molecular complexity index is 673. The van der Waals surface area contributed by atoms with E-state index in [0.29, 0.717) is 17.3 Å². The molecule has 0 bridgehead atoms. The number of anilines is 1. The Balaban J connectivity index is 1.46. The van der Waals surface area contributed by atoms with Crippen molar-refractivity contribution in [3.63, 3.8) is 0 Å². The minimum atomic E-state index is -0.491. The zero-order chi connectivity index (χ0) is 17.8. The average Bonchev–Trinajstić information content (AvgIpc) is 3.22. The van der Waals surface area contributed by atoms with Crippen molar-refractivity contribution in [2.45, 2.75) is 38.1 Å². The van der Waals surface area contributed by atoms with Crippen molar-refractivity contribution in [3.8, 4) is 0 Å². The molecule has 2 amide bonds. The molecule has 2 aliphatic rings. The normalized spacial score (nSPS) is 20.8. The summed E-state index contributed by atoms with van der Waals surface area (Å²) >= 11 is 5.85. The largest absolute Gasteiger partial charge is 0.455 e. The molecule has 3 rings (SSSR count). The molecule has 25 heavy (non-hydrogen) atoms. The Morgan fingerprint density at radius 2 is 2.04 bits per heavy atom. The lowest BCUT2D eigenvalue weighted by molar-refractivity contribution is -0.151. The fourth-order valence-electron chi connectivity index (χ4n) is 3.48. The van der Waals surface area contributed by atoms with Crippen LogP contribution in [0.5, 0.6) is 0 Å². The first-order valence-corrected chi connectivity index (χ1v) is 8.92. The summed E-state index contributed by atoms with van der Waals surface area (Å²) < 4.78 is 5.09. The summed E-state index contributed by atoms with van der Waals surface area (Å²) in [6.45, 7) is 0.0255. The van der Waals surface area contributed by atoms with Gasteiger partial charge in [-0.1, -0.05) is 30.5 Å². The molecule has 1 N–H and O–H groups in total. The first kappa shape index (κ1) is 17.7. The molecule has 1 heterocycles. The van der Waals surface area contributed by atoms with Gasteiger partial charge in [0.2, 0.25) is 5.91 Å². The van der Waals surface area contributed by atoms with Gasteiger partial charge in [0, 0.05) is 29.7 Å². The highest BCUT2D eigenvalue weighted by Crippen LogP contribution is 2.29. The monoisotopic (exact) mass is 364 g/mol. The Hall–Kier alpha value is -2.08. The second-order valence-electron chi connectivity index (χ2n) is 6.55. The van der Waals surface area contributed by atoms with Gasteiger partial charge in [0.25, 0.3) is 5.91 Å². The summed E-state index contributed by atoms with van der Waals surface area (Å²) in [6.07, 6.45) is 4.46. The van der Waals surface area contributed by atoms with Crippen LogP contribution in [-0.2, 0) is 19.1 Å². The predicted octanol–water partition coefficient (Wildman–Crippen LogP) is 2.61. The van der Waals surface area contributed by atoms with Crippen molar-refractivity contribution in [1.82, 2.24) is 4.90 Å². The first-order chi connectivity index (χ1) is 12.0. The fourth-order valence-corrected chi connectivity index (χ4v) is 3.67. The number of hydrogen-bond acceptors (Lipinski definition) is 4. The van der Waals surface area contributed by atoms with E-state index in [0.717, 1.165) is 25.7 Å². The number of nitrogens with zero attached hydrogens (tertiary/aromatic N) is 1. The van der Waals surface area contributed by atoms with E-state index >= 15 is 0 Å². The molecule has 1 aromatic carbocycles. The van der Waals surface area contributed by atoms with Crippen LogP contribution in [0.3, 0.4) is 0 Å². The highest BCUT2D eigenvalue weighted by molar-refractivity contribution is 6.30. The van der Waals surface area contributed by atoms with Gasteiger partial charge in [-0.15, -0.1) is 0 Å². The van der Waals surface area contributed by atoms with Crippen LogP contribution in [0.4, 0.5) is 5.69 Å². The highest BCUT2D eigenvalue weighted by Gasteiger charge is 2.39. The number of amides is 2. The van der Waals surface area contributed by atoms with Crippen molar-refractivity contribution in [3.05, 3.63) is 29.3 Å². The molecule has 134 valence electrons. The third kappa shape index (κ3) is 4.51. The number of carbonyl (C=O) groups excluding carboxylic acids is 3. The minimum absolute atomic E-state index is 0.0113. The molecule has 1 atom stereocenters. The standard InChI is InChI=1S/C18H21ClN2O4/c19-13-4-3-5-14(9-13)20-16(22)11-25-18(24)12-8-17(23)21(10-12)15-6-1-2-7-15/h3-5,9,12,15H,1-2,6-8,10-11H2,(H,20,22)/t12-/m0/s1. The van der Waals surface area contributed by atoms with Crippen LogP contribution in [0.1, 0.15) is 32.1 Å². The molecule has 7 heteroatoms. The van der Waals surface area contributed by atoms with Gasteiger partial charge in [0.1, 0.15) is 0 Å². The van der Waals surface area contributed by atoms with Crippen molar-refractivity contribution in [2.75, 3.05) is 18.5 Å². The van der Waals surface area contributed by atoms with Crippen molar-refractivity contribution >= 4 is 35.1 Å². The topological polar surface area (TPSA) is 75.7 Å². The lowest BCUT2D eigenvalue weighted by atomic mass is 10.1. The van der Waals surface area contributed by atoms with Crippen molar-refractivity contribution < 1.29 is 19.1 Å². The molecular weight excluding hydrogens is 344 g/mol. The van der Waals surface area contributed by atoms with Crippen LogP contribution in [-0.4, -0.2) is 41.9 Å². The van der Waals surface area contributed by atoms with Crippen LogP contribution in [0.25, 0.3) is 0 Å². The summed E-state index contributed by atoms with van der Waals surface area (Å²) in [7, 11) is 0. The maximum absolute atomic E-state index is 12.2. The van der Waals surface area contributed by atoms with E-state index in [1.165, 1.54) is 0 Å². The Kier molecular flexibility index (Phi) is 5.58. The smallest absolute Gasteiger partial charge is 0.311 e. The zero-order valence-corrected chi connectivity index (χ0v) is 14.6. The second kappa shape index (κ2) is 7.87. The van der Waals surface area contributed by atoms with E-state index in [4.69, 9.17) is 16.3 Å². The molecule has 1 aromatic rings. The highest BCUT2D eigenvalue weighted by atomic mass is 35.5. The quantitative estimate of drug-likeness (QED) is 0.815. The summed E-state index contributed by atoms with van der Waals surface area (Å²) in [5.41, 5.74) is 0.539. The van der Waals surface area contributed by atoms with E-state index in [1.807, 2.05) is 4.90 Å². The molecule has 0 spiro atoms. The number of ether oxygens (including phenoxy) is 1. The number of benzene rings is 1. The van der Waals surface area contributed by atoms with Crippen LogP contribution >= 0.6 is 11.6 Å². The average molecular weight is 365 g/mol. The molecule has 0 unspecified atom stereocenters. The van der Waals surface area contributed by atoms with E-state index in [2.05, 4.69) is 5.32 Å². The fraction of sp³-hybridized carbons (Fsp3) is 0.500. The number of hydrogen-bond donors (Lipinski definition) is 1. The third-order valence-electron chi connectivity index (χ3n) is 4.71. The zero-order valence-electron chi connectivity index (χ0n) is 13.9. The van der Waals surface area contributed by atoms with Crippen LogP contribution < -0.4 is 5.32 Å². The van der Waals surface area contributed by atoms with Gasteiger partial charge in [0.05, 0.1) is 5.92 Å². The SMILES string of the molecule is O=C(COC(=O)[C@H]1CC(=O)N(C2CCCC2)C1)Nc1cccc(Cl)c1. The van der Waals surface area contributed by atoms with E-state index in [-0.39, 0.29) is 25.0 Å². The van der Waals surface area contributed by atoms with E-state index < -0.39 is 17.8 Å². The maximum Gasteiger partial charge on any atom is 0.311 e. The Morgan fingerprint density at radius 1 is 1.28 bits per heavy atom. The van der Waals surface area contributed by atoms with Gasteiger partial charge >= 0.3 is 5.97 Å². The third-order valence-corrected chi connectivity index (χ3v) is 4.95. The Morgan fingerprint density at radius 3 is 2.76 bits per heavy atom. The molecule has 2 fully saturated rings. The van der Waals surface area contributed by atoms with Gasteiger partial charge in [-0.2, -0.15) is 0 Å². The number of halogens is 1. The van der Waals surface area contributed by atoms with Crippen LogP contribution in [0.2, 0.25) is 5.02 Å². The minimum Gasteiger partial charge on any atom is -0.455 e. The summed E-state index contributed by atoms with van der Waals surface area (Å²) in [6, 6.07) is 6.98. The van der Waals surface area contributed by atoms with Gasteiger partial charge in [-0.3, -0.25) is 14.4 Å². The van der Waals surface area contributed by atoms with E-state index in [1.54, 1.807) is 24.3 Å². The molecule has 1 saturated carbocycles. The van der Waals surface area contributed by atoms with Crippen LogP contribution in [0.15, 0.2) is 24.3 Å². The Labute approximate surface area is 151 Å². The summed E-state index contributed by atoms with van der Waals surface area (Å²) in [5.74, 6) is -1.40. The number of rotatable bonds is 5. The lowest BCUT2D eigenvalue weighted by Gasteiger charge is -2.23. The number of likely N-dealkylation sites (tertiary alicyclic amines) is 1. The maximum atomic E-state index is 12.2. The molecular formula is C18H21ClN2O4. The van der Waals surface area contributed by atoms with Crippen LogP contribution in [0, 0.1) is 5.92 Å². The first-order valence-electron chi connectivity index (χ1n) is 8.54. The summed E-state index contributed by atoms with van der Waals surface area (Å²) in [4.78, 5) is 38.0. The molecule has 6 nitrogen and oxygen atoms in total. The second-order valence-corrected chi connectivity index (χ2v) is 6.99.